The summed E-state index contributed by atoms with van der Waals surface area (Å²) in [5.41, 5.74) is 8.16. The minimum Gasteiger partial charge on any atom is -0.496 e. The summed E-state index contributed by atoms with van der Waals surface area (Å²) in [4.78, 5) is 29.0. The first kappa shape index (κ1) is 20.7. The van der Waals surface area contributed by atoms with E-state index in [-0.39, 0.29) is 11.9 Å². The van der Waals surface area contributed by atoms with Crippen LogP contribution in [0.3, 0.4) is 0 Å². The molecule has 3 N–H and O–H groups in total. The van der Waals surface area contributed by atoms with Crippen molar-refractivity contribution >= 4 is 17.5 Å². The lowest BCUT2D eigenvalue weighted by molar-refractivity contribution is -0.122. The van der Waals surface area contributed by atoms with Crippen molar-refractivity contribution in [3.8, 4) is 22.8 Å². The van der Waals surface area contributed by atoms with Crippen LogP contribution in [0.15, 0.2) is 36.7 Å². The number of nitrogens with one attached hydrogen (secondary N) is 1. The molecule has 0 unspecified atom stereocenters. The number of aromatic nitrogens is 2. The van der Waals surface area contributed by atoms with Crippen molar-refractivity contribution in [3.05, 3.63) is 47.8 Å². The lowest BCUT2D eigenvalue weighted by atomic mass is 9.84. The first-order valence-corrected chi connectivity index (χ1v) is 10.1. The molecule has 1 aromatic carbocycles. The van der Waals surface area contributed by atoms with Crippen molar-refractivity contribution in [3.63, 3.8) is 0 Å². The van der Waals surface area contributed by atoms with Gasteiger partial charge in [-0.2, -0.15) is 0 Å². The van der Waals surface area contributed by atoms with Crippen LogP contribution in [0.5, 0.6) is 11.5 Å². The largest absolute Gasteiger partial charge is 0.496 e. The van der Waals surface area contributed by atoms with Gasteiger partial charge in [-0.15, -0.1) is 0 Å². The van der Waals surface area contributed by atoms with E-state index in [0.717, 1.165) is 29.7 Å². The molecule has 1 aliphatic carbocycles. The molecular weight excluding hydrogens is 396 g/mol. The van der Waals surface area contributed by atoms with Crippen molar-refractivity contribution in [2.24, 2.45) is 5.73 Å². The Bertz CT molecular complexity index is 1150. The van der Waals surface area contributed by atoms with Crippen molar-refractivity contribution in [1.82, 2.24) is 14.7 Å². The topological polar surface area (TPSA) is 108 Å². The number of rotatable bonds is 7. The maximum atomic E-state index is 12.7. The summed E-state index contributed by atoms with van der Waals surface area (Å²) < 4.78 is 13.0. The molecule has 162 valence electrons. The lowest BCUT2D eigenvalue weighted by Crippen LogP contribution is -2.35. The van der Waals surface area contributed by atoms with E-state index >= 15 is 0 Å². The van der Waals surface area contributed by atoms with Crippen LogP contribution in [-0.4, -0.2) is 41.5 Å². The summed E-state index contributed by atoms with van der Waals surface area (Å²) >= 11 is 0. The summed E-state index contributed by atoms with van der Waals surface area (Å²) in [6.45, 7) is 3.57. The fraction of sp³-hybridized carbons (Fsp3) is 0.348. The van der Waals surface area contributed by atoms with Gasteiger partial charge in [0.05, 0.1) is 31.5 Å². The third-order valence-electron chi connectivity index (χ3n) is 5.79. The molecular formula is C23H26N4O4. The number of hydrogen-bond acceptors (Lipinski definition) is 5. The van der Waals surface area contributed by atoms with E-state index in [4.69, 9.17) is 15.2 Å². The van der Waals surface area contributed by atoms with Gasteiger partial charge in [0.1, 0.15) is 22.7 Å². The number of hydrogen-bond donors (Lipinski definition) is 2. The third kappa shape index (κ3) is 3.69. The molecule has 2 aromatic heterocycles. The molecule has 1 aliphatic rings. The number of carbonyl (C=O) groups is 2. The maximum absolute atomic E-state index is 12.7. The van der Waals surface area contributed by atoms with Gasteiger partial charge in [-0.05, 0) is 56.5 Å². The lowest BCUT2D eigenvalue weighted by Gasteiger charge is -2.21. The van der Waals surface area contributed by atoms with Gasteiger partial charge in [0.15, 0.2) is 0 Å². The Morgan fingerprint density at radius 3 is 2.35 bits per heavy atom. The molecule has 4 rings (SSSR count). The molecule has 1 saturated carbocycles. The molecule has 2 amide bonds. The Labute approximate surface area is 180 Å². The minimum absolute atomic E-state index is 0.209. The summed E-state index contributed by atoms with van der Waals surface area (Å²) in [5, 5.41) is 2.98. The van der Waals surface area contributed by atoms with Gasteiger partial charge in [0.25, 0.3) is 5.91 Å². The quantitative estimate of drug-likeness (QED) is 0.609. The van der Waals surface area contributed by atoms with E-state index in [1.165, 1.54) is 14.2 Å². The van der Waals surface area contributed by atoms with E-state index in [9.17, 15) is 9.59 Å². The Morgan fingerprint density at radius 1 is 1.16 bits per heavy atom. The standard InChI is InChI=1S/C23H26N4O4/c1-23(2,22(24)29)14-7-8-27-16(12-25-19(27)11-14)13-9-17(30-3)20(18(10-13)31-4)21(28)26-15-5-6-15/h7-12,15H,5-6H2,1-4H3,(H2,24,29)(H,26,28). The average Bonchev–Trinajstić information content (AvgIpc) is 3.47. The highest BCUT2D eigenvalue weighted by Crippen LogP contribution is 2.36. The first-order chi connectivity index (χ1) is 14.8. The zero-order chi connectivity index (χ0) is 22.3. The van der Waals surface area contributed by atoms with Gasteiger partial charge in [0, 0.05) is 17.8 Å². The van der Waals surface area contributed by atoms with Crippen LogP contribution in [0.25, 0.3) is 16.9 Å². The number of benzene rings is 1. The molecule has 0 radical (unpaired) electrons. The fourth-order valence-corrected chi connectivity index (χ4v) is 3.49. The van der Waals surface area contributed by atoms with Crippen LogP contribution in [0.4, 0.5) is 0 Å². The van der Waals surface area contributed by atoms with Gasteiger partial charge in [-0.25, -0.2) is 4.98 Å². The second-order valence-corrected chi connectivity index (χ2v) is 8.28. The number of ether oxygens (including phenoxy) is 2. The number of primary amides is 1. The van der Waals surface area contributed by atoms with Crippen LogP contribution in [0.1, 0.15) is 42.6 Å². The van der Waals surface area contributed by atoms with Crippen LogP contribution in [0.2, 0.25) is 0 Å². The Kier molecular flexibility index (Phi) is 5.08. The van der Waals surface area contributed by atoms with Crippen LogP contribution >= 0.6 is 0 Å². The Morgan fingerprint density at radius 2 is 1.81 bits per heavy atom. The van der Waals surface area contributed by atoms with Gasteiger partial charge >= 0.3 is 0 Å². The zero-order valence-corrected chi connectivity index (χ0v) is 18.1. The summed E-state index contributed by atoms with van der Waals surface area (Å²) in [5.74, 6) is 0.236. The summed E-state index contributed by atoms with van der Waals surface area (Å²) in [6.07, 6.45) is 5.56. The predicted molar refractivity (Wildman–Crippen MR) is 116 cm³/mol. The number of fused-ring (bicyclic) bond motifs is 1. The zero-order valence-electron chi connectivity index (χ0n) is 18.1. The number of nitrogens with zero attached hydrogens (tertiary/aromatic N) is 2. The molecule has 0 bridgehead atoms. The van der Waals surface area contributed by atoms with Gasteiger partial charge in [-0.1, -0.05) is 0 Å². The summed E-state index contributed by atoms with van der Waals surface area (Å²) in [6, 6.07) is 7.53. The van der Waals surface area contributed by atoms with E-state index in [0.29, 0.717) is 22.7 Å². The first-order valence-electron chi connectivity index (χ1n) is 10.1. The van der Waals surface area contributed by atoms with Crippen molar-refractivity contribution < 1.29 is 19.1 Å². The smallest absolute Gasteiger partial charge is 0.259 e. The molecule has 0 spiro atoms. The number of amides is 2. The van der Waals surface area contributed by atoms with E-state index < -0.39 is 11.3 Å². The molecule has 0 atom stereocenters. The SMILES string of the molecule is COc1cc(-c2cnc3cc(C(C)(C)C(N)=O)ccn23)cc(OC)c1C(=O)NC1CC1. The normalized spacial score (nSPS) is 13.8. The van der Waals surface area contributed by atoms with E-state index in [1.807, 2.05) is 22.7 Å². The highest BCUT2D eigenvalue weighted by atomic mass is 16.5. The van der Waals surface area contributed by atoms with Crippen molar-refractivity contribution in [2.45, 2.75) is 38.1 Å². The van der Waals surface area contributed by atoms with Gasteiger partial charge in [0.2, 0.25) is 5.91 Å². The molecule has 3 aromatic rings. The number of methoxy groups -OCH3 is 2. The molecule has 8 heteroatoms. The molecule has 0 aliphatic heterocycles. The molecule has 1 fully saturated rings. The highest BCUT2D eigenvalue weighted by molar-refractivity contribution is 6.01. The van der Waals surface area contributed by atoms with Crippen molar-refractivity contribution in [1.29, 1.82) is 0 Å². The number of pyridine rings is 1. The fourth-order valence-electron chi connectivity index (χ4n) is 3.49. The predicted octanol–water partition coefficient (Wildman–Crippen LogP) is 2.67. The number of nitrogens with two attached hydrogens (primary N) is 1. The highest BCUT2D eigenvalue weighted by Gasteiger charge is 2.29. The van der Waals surface area contributed by atoms with Crippen LogP contribution in [-0.2, 0) is 10.2 Å². The van der Waals surface area contributed by atoms with Crippen LogP contribution in [0, 0.1) is 0 Å². The Hall–Kier alpha value is -3.55. The number of imidazole rings is 1. The second kappa shape index (κ2) is 7.61. The summed E-state index contributed by atoms with van der Waals surface area (Å²) in [7, 11) is 3.05. The van der Waals surface area contributed by atoms with Crippen molar-refractivity contribution in [2.75, 3.05) is 14.2 Å². The molecule has 0 saturated heterocycles. The third-order valence-corrected chi connectivity index (χ3v) is 5.79. The van der Waals surface area contributed by atoms with E-state index in [1.54, 1.807) is 32.2 Å². The van der Waals surface area contributed by atoms with Crippen LogP contribution < -0.4 is 20.5 Å². The van der Waals surface area contributed by atoms with E-state index in [2.05, 4.69) is 10.3 Å². The molecule has 8 nitrogen and oxygen atoms in total. The minimum atomic E-state index is -0.809. The number of carbonyl (C=O) groups excluding carboxylic acids is 2. The monoisotopic (exact) mass is 422 g/mol. The maximum Gasteiger partial charge on any atom is 0.259 e. The molecule has 2 heterocycles. The van der Waals surface area contributed by atoms with Gasteiger partial charge < -0.3 is 20.5 Å². The molecule has 31 heavy (non-hydrogen) atoms. The van der Waals surface area contributed by atoms with Gasteiger partial charge in [-0.3, -0.25) is 14.0 Å². The average molecular weight is 422 g/mol. The second-order valence-electron chi connectivity index (χ2n) is 8.28. The Balaban J connectivity index is 1.78.